The summed E-state index contributed by atoms with van der Waals surface area (Å²) in [5.41, 5.74) is 4.03. The predicted molar refractivity (Wildman–Crippen MR) is 99.8 cm³/mol. The molecule has 136 valence electrons. The van der Waals surface area contributed by atoms with Gasteiger partial charge in [-0.25, -0.2) is 0 Å². The Bertz CT molecular complexity index is 732. The van der Waals surface area contributed by atoms with Crippen LogP contribution in [0, 0.1) is 19.8 Å². The quantitative estimate of drug-likeness (QED) is 0.871. The maximum atomic E-state index is 12.9. The Morgan fingerprint density at radius 1 is 1.16 bits per heavy atom. The molecule has 25 heavy (non-hydrogen) atoms. The number of carbonyl (C=O) groups is 1. The molecule has 1 heterocycles. The second-order valence-electron chi connectivity index (χ2n) is 6.93. The van der Waals surface area contributed by atoms with Gasteiger partial charge in [0.2, 0.25) is 5.91 Å². The fourth-order valence-corrected chi connectivity index (χ4v) is 3.27. The third kappa shape index (κ3) is 4.03. The first-order valence-corrected chi connectivity index (χ1v) is 8.70. The summed E-state index contributed by atoms with van der Waals surface area (Å²) >= 11 is 0. The molecule has 0 spiro atoms. The fraction of sp³-hybridized carbons (Fsp3) is 0.500. The van der Waals surface area contributed by atoms with E-state index in [0.29, 0.717) is 0 Å². The number of rotatable bonds is 6. The smallest absolute Gasteiger partial charge is 0.227 e. The minimum absolute atomic E-state index is 0.0220. The van der Waals surface area contributed by atoms with Crippen LogP contribution in [0.5, 0.6) is 5.75 Å². The monoisotopic (exact) mass is 343 g/mol. The zero-order valence-electron chi connectivity index (χ0n) is 16.3. The van der Waals surface area contributed by atoms with Crippen LogP contribution in [0.3, 0.4) is 0 Å². The lowest BCUT2D eigenvalue weighted by Gasteiger charge is -2.25. The number of benzene rings is 1. The van der Waals surface area contributed by atoms with Crippen LogP contribution in [0.4, 0.5) is 0 Å². The van der Waals surface area contributed by atoms with Crippen molar-refractivity contribution in [2.24, 2.45) is 13.0 Å². The number of hydrogen-bond acceptors (Lipinski definition) is 3. The van der Waals surface area contributed by atoms with E-state index < -0.39 is 0 Å². The highest BCUT2D eigenvalue weighted by molar-refractivity contribution is 5.84. The molecule has 1 N–H and O–H groups in total. The molecule has 2 unspecified atom stereocenters. The highest BCUT2D eigenvalue weighted by Crippen LogP contribution is 2.27. The number of aryl methyl sites for hydroxylation is 2. The van der Waals surface area contributed by atoms with Crippen molar-refractivity contribution in [3.63, 3.8) is 0 Å². The Morgan fingerprint density at radius 3 is 2.20 bits per heavy atom. The van der Waals surface area contributed by atoms with Crippen molar-refractivity contribution in [3.8, 4) is 5.75 Å². The van der Waals surface area contributed by atoms with E-state index in [4.69, 9.17) is 4.74 Å². The Labute approximate surface area is 150 Å². The summed E-state index contributed by atoms with van der Waals surface area (Å²) in [6, 6.07) is 7.83. The van der Waals surface area contributed by atoms with Crippen molar-refractivity contribution in [1.82, 2.24) is 15.1 Å². The number of ether oxygens (including phenoxy) is 1. The normalized spacial score (nSPS) is 13.6. The molecule has 2 aromatic rings. The lowest BCUT2D eigenvalue weighted by Crippen LogP contribution is -2.34. The molecule has 5 nitrogen and oxygen atoms in total. The van der Waals surface area contributed by atoms with E-state index >= 15 is 0 Å². The third-order valence-electron chi connectivity index (χ3n) is 4.83. The molecule has 5 heteroatoms. The second-order valence-corrected chi connectivity index (χ2v) is 6.93. The van der Waals surface area contributed by atoms with Gasteiger partial charge in [-0.05, 0) is 44.4 Å². The average Bonchev–Trinajstić information content (AvgIpc) is 2.84. The van der Waals surface area contributed by atoms with E-state index in [0.717, 1.165) is 28.3 Å². The van der Waals surface area contributed by atoms with Gasteiger partial charge in [-0.1, -0.05) is 26.0 Å². The molecule has 0 aliphatic rings. The molecule has 0 saturated carbocycles. The van der Waals surface area contributed by atoms with Crippen molar-refractivity contribution < 1.29 is 9.53 Å². The van der Waals surface area contributed by atoms with Gasteiger partial charge in [0.1, 0.15) is 5.75 Å². The first-order valence-electron chi connectivity index (χ1n) is 8.70. The molecule has 1 aromatic heterocycles. The van der Waals surface area contributed by atoms with E-state index in [-0.39, 0.29) is 23.8 Å². The number of nitrogens with zero attached hydrogens (tertiary/aromatic N) is 2. The molecule has 1 amide bonds. The van der Waals surface area contributed by atoms with Crippen LogP contribution < -0.4 is 10.1 Å². The van der Waals surface area contributed by atoms with Crippen LogP contribution in [-0.2, 0) is 11.8 Å². The summed E-state index contributed by atoms with van der Waals surface area (Å²) in [6.45, 7) is 10.1. The number of amides is 1. The van der Waals surface area contributed by atoms with Crippen LogP contribution in [0.2, 0.25) is 0 Å². The highest BCUT2D eigenvalue weighted by atomic mass is 16.5. The number of hydrogen-bond donors (Lipinski definition) is 1. The van der Waals surface area contributed by atoms with Crippen molar-refractivity contribution in [2.75, 3.05) is 7.11 Å². The Hall–Kier alpha value is -2.30. The van der Waals surface area contributed by atoms with Gasteiger partial charge in [0.15, 0.2) is 0 Å². The summed E-state index contributed by atoms with van der Waals surface area (Å²) in [7, 11) is 3.56. The first-order chi connectivity index (χ1) is 11.8. The summed E-state index contributed by atoms with van der Waals surface area (Å²) < 4.78 is 7.05. The Balaban J connectivity index is 2.22. The fourth-order valence-electron chi connectivity index (χ4n) is 3.27. The van der Waals surface area contributed by atoms with Crippen molar-refractivity contribution in [2.45, 2.75) is 46.6 Å². The maximum absolute atomic E-state index is 12.9. The van der Waals surface area contributed by atoms with E-state index in [9.17, 15) is 4.79 Å². The average molecular weight is 343 g/mol. The van der Waals surface area contributed by atoms with Crippen LogP contribution in [-0.4, -0.2) is 22.8 Å². The molecule has 0 bridgehead atoms. The lowest BCUT2D eigenvalue weighted by molar-refractivity contribution is -0.123. The summed E-state index contributed by atoms with van der Waals surface area (Å²) in [5, 5.41) is 7.64. The number of nitrogens with one attached hydrogen (secondary N) is 1. The van der Waals surface area contributed by atoms with Crippen molar-refractivity contribution >= 4 is 5.91 Å². The largest absolute Gasteiger partial charge is 0.497 e. The van der Waals surface area contributed by atoms with E-state index in [1.165, 1.54) is 0 Å². The Morgan fingerprint density at radius 2 is 1.76 bits per heavy atom. The molecule has 2 rings (SSSR count). The molecule has 0 radical (unpaired) electrons. The van der Waals surface area contributed by atoms with Gasteiger partial charge in [-0.2, -0.15) is 5.10 Å². The number of carbonyl (C=O) groups excluding carboxylic acids is 1. The SMILES string of the molecule is COc1ccc(C(NC(=O)C(C)c2c(C)nn(C)c2C)C(C)C)cc1. The second kappa shape index (κ2) is 7.72. The van der Waals surface area contributed by atoms with Crippen molar-refractivity contribution in [3.05, 3.63) is 46.8 Å². The van der Waals surface area contributed by atoms with Gasteiger partial charge in [0.25, 0.3) is 0 Å². The highest BCUT2D eigenvalue weighted by Gasteiger charge is 2.26. The standard InChI is InChI=1S/C20H29N3O2/c1-12(2)19(16-8-10-17(25-7)11-9-16)21-20(24)13(3)18-14(4)22-23(6)15(18)5/h8-13,19H,1-7H3,(H,21,24). The summed E-state index contributed by atoms with van der Waals surface area (Å²) in [5.74, 6) is 0.870. The Kier molecular flexibility index (Phi) is 5.88. The van der Waals surface area contributed by atoms with Gasteiger partial charge >= 0.3 is 0 Å². The van der Waals surface area contributed by atoms with Crippen LogP contribution in [0.1, 0.15) is 55.2 Å². The minimum Gasteiger partial charge on any atom is -0.497 e. The van der Waals surface area contributed by atoms with E-state index in [1.54, 1.807) is 7.11 Å². The van der Waals surface area contributed by atoms with Gasteiger partial charge in [-0.3, -0.25) is 9.48 Å². The third-order valence-corrected chi connectivity index (χ3v) is 4.83. The molecule has 1 aromatic carbocycles. The van der Waals surface area contributed by atoms with Crippen molar-refractivity contribution in [1.29, 1.82) is 0 Å². The van der Waals surface area contributed by atoms with E-state index in [2.05, 4.69) is 24.3 Å². The molecular formula is C20H29N3O2. The molecule has 0 saturated heterocycles. The van der Waals surface area contributed by atoms with Crippen LogP contribution in [0.15, 0.2) is 24.3 Å². The maximum Gasteiger partial charge on any atom is 0.227 e. The topological polar surface area (TPSA) is 56.1 Å². The van der Waals surface area contributed by atoms with Gasteiger partial charge < -0.3 is 10.1 Å². The van der Waals surface area contributed by atoms with E-state index in [1.807, 2.05) is 56.8 Å². The molecule has 0 fully saturated rings. The lowest BCUT2D eigenvalue weighted by atomic mass is 9.93. The van der Waals surface area contributed by atoms with Crippen LogP contribution >= 0.6 is 0 Å². The van der Waals surface area contributed by atoms with Crippen LogP contribution in [0.25, 0.3) is 0 Å². The molecule has 0 aliphatic heterocycles. The molecule has 2 atom stereocenters. The zero-order valence-corrected chi connectivity index (χ0v) is 16.3. The van der Waals surface area contributed by atoms with Gasteiger partial charge in [0.05, 0.1) is 24.8 Å². The van der Waals surface area contributed by atoms with Gasteiger partial charge in [0, 0.05) is 18.3 Å². The summed E-state index contributed by atoms with van der Waals surface area (Å²) in [6.07, 6.45) is 0. The zero-order chi connectivity index (χ0) is 18.7. The number of methoxy groups -OCH3 is 1. The number of aromatic nitrogens is 2. The minimum atomic E-state index is -0.242. The molecule has 0 aliphatic carbocycles. The summed E-state index contributed by atoms with van der Waals surface area (Å²) in [4.78, 5) is 12.9. The molecular weight excluding hydrogens is 314 g/mol. The predicted octanol–water partition coefficient (Wildman–Crippen LogP) is 3.66. The van der Waals surface area contributed by atoms with Gasteiger partial charge in [-0.15, -0.1) is 0 Å². The first kappa shape index (κ1) is 19.0.